The van der Waals surface area contributed by atoms with Crippen LogP contribution in [-0.2, 0) is 57.1 Å². The molecule has 0 aromatic carbocycles. The van der Waals surface area contributed by atoms with Gasteiger partial charge in [-0.15, -0.1) is 0 Å². The maximum absolute atomic E-state index is 11.5. The lowest BCUT2D eigenvalue weighted by molar-refractivity contribution is -0.138. The summed E-state index contributed by atoms with van der Waals surface area (Å²) in [5.74, 6) is -2.34. The monoisotopic (exact) mass is 728 g/mol. The summed E-state index contributed by atoms with van der Waals surface area (Å²) in [6, 6.07) is 0. The highest BCUT2D eigenvalue weighted by Gasteiger charge is 2.37. The van der Waals surface area contributed by atoms with Crippen molar-refractivity contribution in [1.29, 1.82) is 0 Å². The Morgan fingerprint density at radius 2 is 0.659 bits per heavy atom. The van der Waals surface area contributed by atoms with Gasteiger partial charge in [-0.05, 0) is 48.9 Å². The Hall–Kier alpha value is -1.16. The van der Waals surface area contributed by atoms with Crippen LogP contribution in [0.3, 0.4) is 0 Å². The molecule has 0 aromatic heterocycles. The number of carbonyl (C=O) groups is 4. The fraction of sp³-hybridized carbons (Fsp3) is 0.619. The van der Waals surface area contributed by atoms with Crippen LogP contribution in [0.1, 0.15) is 0 Å². The van der Waals surface area contributed by atoms with Gasteiger partial charge in [-0.25, -0.2) is 0 Å². The maximum atomic E-state index is 11.5. The third-order valence-corrected chi connectivity index (χ3v) is 8.95. The normalized spacial score (nSPS) is 10.4. The lowest BCUT2D eigenvalue weighted by Crippen LogP contribution is -2.43. The molecule has 0 heterocycles. The third kappa shape index (κ3) is 20.4. The first kappa shape index (κ1) is 39.8. The van der Waals surface area contributed by atoms with Gasteiger partial charge in [0.05, 0.1) is 51.5 Å². The summed E-state index contributed by atoms with van der Waals surface area (Å²) < 4.78 is 41.4. The van der Waals surface area contributed by atoms with Crippen molar-refractivity contribution in [2.24, 2.45) is 5.41 Å². The van der Waals surface area contributed by atoms with E-state index in [1.54, 1.807) is 0 Å². The van der Waals surface area contributed by atoms with Gasteiger partial charge < -0.3 is 37.9 Å². The molecule has 0 aliphatic carbocycles. The van der Waals surface area contributed by atoms with Crippen LogP contribution in [0.5, 0.6) is 0 Å². The van der Waals surface area contributed by atoms with Crippen molar-refractivity contribution in [3.63, 3.8) is 0 Å². The minimum atomic E-state index is -1.18. The van der Waals surface area contributed by atoms with Crippen LogP contribution in [0.25, 0.3) is 0 Å². The quantitative estimate of drug-likeness (QED) is 0.130. The highest BCUT2D eigenvalue weighted by atomic mass is 32.2. The number of esters is 4. The molecule has 0 aliphatic rings. The average molecular weight is 729 g/mol. The predicted octanol–water partition coefficient (Wildman–Crippen LogP) is 2.80. The molecule has 232 valence electrons. The van der Waals surface area contributed by atoms with Gasteiger partial charge in [-0.2, -0.15) is 0 Å². The van der Waals surface area contributed by atoms with Crippen LogP contribution < -0.4 is 0 Å². The number of rotatable bonds is 16. The summed E-state index contributed by atoms with van der Waals surface area (Å²) in [4.78, 5) is 45.9. The molecule has 12 nitrogen and oxygen atoms in total. The molecule has 0 aromatic rings. The van der Waals surface area contributed by atoms with Crippen molar-refractivity contribution in [2.45, 2.75) is 0 Å². The summed E-state index contributed by atoms with van der Waals surface area (Å²) in [5, 5.41) is 0. The number of carbonyl (C=O) groups excluding carboxylic acids is 4. The Balaban J connectivity index is 5.75. The SMILES string of the molecule is COC(=O)CSC(=S)OCC(COC(=S)SCC(=O)OC)(COC(=S)SCC(=O)OC)COC(=S)SCC(=O)OC. The highest BCUT2D eigenvalue weighted by molar-refractivity contribution is 8.24. The van der Waals surface area contributed by atoms with E-state index in [-0.39, 0.29) is 67.0 Å². The summed E-state index contributed by atoms with van der Waals surface area (Å²) in [6.45, 7) is -0.727. The van der Waals surface area contributed by atoms with Crippen molar-refractivity contribution >= 4 is 137 Å². The lowest BCUT2D eigenvalue weighted by Gasteiger charge is -2.32. The molecular weight excluding hydrogens is 701 g/mol. The Bertz CT molecular complexity index is 796. The third-order valence-electron chi connectivity index (χ3n) is 4.13. The maximum Gasteiger partial charge on any atom is 0.316 e. The first-order valence-corrected chi connectivity index (χ1v) is 16.4. The van der Waals surface area contributed by atoms with Crippen molar-refractivity contribution < 1.29 is 57.1 Å². The summed E-state index contributed by atoms with van der Waals surface area (Å²) >= 11 is 24.6. The first-order chi connectivity index (χ1) is 19.4. The van der Waals surface area contributed by atoms with Crippen molar-refractivity contribution in [3.05, 3.63) is 0 Å². The molecule has 0 saturated carbocycles. The molecule has 0 atom stereocenters. The molecular formula is C21H28O12S8. The molecule has 0 spiro atoms. The molecule has 0 fully saturated rings. The van der Waals surface area contributed by atoms with Gasteiger partial charge in [0, 0.05) is 0 Å². The fourth-order valence-electron chi connectivity index (χ4n) is 1.97. The molecule has 20 heteroatoms. The average Bonchev–Trinajstić information content (AvgIpc) is 2.98. The Kier molecular flexibility index (Phi) is 22.7. The molecule has 0 aliphatic heterocycles. The molecule has 0 bridgehead atoms. The van der Waals surface area contributed by atoms with Gasteiger partial charge in [0.25, 0.3) is 0 Å². The molecule has 0 unspecified atom stereocenters. The van der Waals surface area contributed by atoms with E-state index in [0.717, 1.165) is 47.0 Å². The zero-order valence-corrected chi connectivity index (χ0v) is 28.9. The summed E-state index contributed by atoms with van der Waals surface area (Å²) in [6.07, 6.45) is 0. The number of methoxy groups -OCH3 is 4. The Labute approximate surface area is 276 Å². The number of thioether (sulfide) groups is 4. The van der Waals surface area contributed by atoms with Crippen LogP contribution in [0.2, 0.25) is 0 Å². The van der Waals surface area contributed by atoms with E-state index >= 15 is 0 Å². The second kappa shape index (κ2) is 23.3. The topological polar surface area (TPSA) is 142 Å². The highest BCUT2D eigenvalue weighted by Crippen LogP contribution is 2.26. The van der Waals surface area contributed by atoms with Gasteiger partial charge in [0.2, 0.25) is 17.5 Å². The van der Waals surface area contributed by atoms with Crippen molar-refractivity contribution in [2.75, 3.05) is 77.9 Å². The molecule has 0 rings (SSSR count). The molecule has 0 saturated heterocycles. The first-order valence-electron chi connectivity index (χ1n) is 10.9. The van der Waals surface area contributed by atoms with E-state index in [4.69, 9.17) is 67.8 Å². The van der Waals surface area contributed by atoms with Crippen LogP contribution in [0.4, 0.5) is 0 Å². The van der Waals surface area contributed by atoms with E-state index in [1.165, 1.54) is 28.4 Å². The van der Waals surface area contributed by atoms with E-state index in [9.17, 15) is 19.2 Å². The second-order valence-corrected chi connectivity index (χ2v) is 13.4. The zero-order valence-electron chi connectivity index (χ0n) is 22.3. The van der Waals surface area contributed by atoms with Gasteiger partial charge >= 0.3 is 23.9 Å². The van der Waals surface area contributed by atoms with Gasteiger partial charge in [-0.3, -0.25) is 19.2 Å². The van der Waals surface area contributed by atoms with Gasteiger partial charge in [-0.1, -0.05) is 47.0 Å². The van der Waals surface area contributed by atoms with Crippen LogP contribution in [0, 0.1) is 5.41 Å². The van der Waals surface area contributed by atoms with Crippen molar-refractivity contribution in [3.8, 4) is 0 Å². The lowest BCUT2D eigenvalue weighted by atomic mass is 9.92. The minimum absolute atomic E-state index is 0.0210. The predicted molar refractivity (Wildman–Crippen MR) is 175 cm³/mol. The Morgan fingerprint density at radius 3 is 0.829 bits per heavy atom. The number of hydrogen-bond donors (Lipinski definition) is 0. The zero-order chi connectivity index (χ0) is 31.3. The molecule has 41 heavy (non-hydrogen) atoms. The summed E-state index contributed by atoms with van der Waals surface area (Å²) in [7, 11) is 4.97. The number of ether oxygens (including phenoxy) is 8. The van der Waals surface area contributed by atoms with E-state index in [1.807, 2.05) is 0 Å². The van der Waals surface area contributed by atoms with E-state index < -0.39 is 29.3 Å². The molecule has 0 N–H and O–H groups in total. The van der Waals surface area contributed by atoms with Crippen molar-refractivity contribution in [1.82, 2.24) is 0 Å². The number of thiocarbonyl (C=S) groups is 4. The smallest absolute Gasteiger partial charge is 0.316 e. The molecule has 0 radical (unpaired) electrons. The largest absolute Gasteiger partial charge is 0.478 e. The van der Waals surface area contributed by atoms with E-state index in [0.29, 0.717) is 0 Å². The summed E-state index contributed by atoms with van der Waals surface area (Å²) in [5.41, 5.74) is -1.18. The Morgan fingerprint density at radius 1 is 0.463 bits per heavy atom. The van der Waals surface area contributed by atoms with Gasteiger partial charge in [0.15, 0.2) is 0 Å². The second-order valence-electron chi connectivity index (χ2n) is 7.11. The van der Waals surface area contributed by atoms with Gasteiger partial charge in [0.1, 0.15) is 31.8 Å². The van der Waals surface area contributed by atoms with Crippen LogP contribution in [0.15, 0.2) is 0 Å². The van der Waals surface area contributed by atoms with Crippen LogP contribution in [-0.4, -0.2) is 119 Å². The van der Waals surface area contributed by atoms with Crippen LogP contribution >= 0.6 is 95.9 Å². The fourth-order valence-corrected chi connectivity index (χ4v) is 4.90. The molecule has 0 amide bonds. The minimum Gasteiger partial charge on any atom is -0.478 e. The number of hydrogen-bond acceptors (Lipinski definition) is 20. The van der Waals surface area contributed by atoms with E-state index in [2.05, 4.69) is 18.9 Å². The standard InChI is InChI=1S/C21H28O12S8/c1-26-13(22)5-38-17(34)30-9-21(10-31-18(35)39-6-14(23)27-2,11-32-19(36)40-7-15(24)28-3)12-33-20(37)41-8-16(25)29-4/h5-12H2,1-4H3.